The zero-order valence-corrected chi connectivity index (χ0v) is 8.80. The molecule has 2 rings (SSSR count). The summed E-state index contributed by atoms with van der Waals surface area (Å²) in [5, 5.41) is 9.54. The molecule has 0 radical (unpaired) electrons. The Labute approximate surface area is 87.3 Å². The Morgan fingerprint density at radius 2 is 2.36 bits per heavy atom. The van der Waals surface area contributed by atoms with E-state index >= 15 is 0 Å². The number of carbonyl (C=O) groups is 1. The van der Waals surface area contributed by atoms with Crippen molar-refractivity contribution in [3.8, 4) is 0 Å². The number of aryl methyl sites for hydroxylation is 1. The van der Waals surface area contributed by atoms with E-state index in [9.17, 15) is 4.79 Å². The van der Waals surface area contributed by atoms with E-state index in [1.54, 1.807) is 17.8 Å². The van der Waals surface area contributed by atoms with Gasteiger partial charge in [0.1, 0.15) is 0 Å². The van der Waals surface area contributed by atoms with Crippen LogP contribution < -0.4 is 0 Å². The Kier molecular flexibility index (Phi) is 2.50. The summed E-state index contributed by atoms with van der Waals surface area (Å²) in [6, 6.07) is 5.55. The van der Waals surface area contributed by atoms with Gasteiger partial charge >= 0.3 is 5.97 Å². The van der Waals surface area contributed by atoms with Gasteiger partial charge in [0.15, 0.2) is 0 Å². The molecule has 1 aliphatic rings. The van der Waals surface area contributed by atoms with Crippen molar-refractivity contribution in [2.75, 3.05) is 0 Å². The Morgan fingerprint density at radius 1 is 1.57 bits per heavy atom. The summed E-state index contributed by atoms with van der Waals surface area (Å²) in [7, 11) is 0. The molecule has 1 aliphatic heterocycles. The van der Waals surface area contributed by atoms with Crippen molar-refractivity contribution in [1.82, 2.24) is 0 Å². The normalized spacial score (nSPS) is 20.2. The summed E-state index contributed by atoms with van der Waals surface area (Å²) in [6.07, 6.45) is 2.14. The minimum absolute atomic E-state index is 0.457. The van der Waals surface area contributed by atoms with Gasteiger partial charge in [-0.15, -0.1) is 11.8 Å². The molecule has 0 fully saturated rings. The molecular weight excluding hydrogens is 196 g/mol. The van der Waals surface area contributed by atoms with Gasteiger partial charge < -0.3 is 5.11 Å². The lowest BCUT2D eigenvalue weighted by Gasteiger charge is -2.22. The quantitative estimate of drug-likeness (QED) is 0.771. The molecular formula is C11H12O2S. The van der Waals surface area contributed by atoms with E-state index in [-0.39, 0.29) is 0 Å². The fraction of sp³-hybridized carbons (Fsp3) is 0.364. The highest BCUT2D eigenvalue weighted by molar-refractivity contribution is 8.00. The molecule has 0 bridgehead atoms. The predicted octanol–water partition coefficient (Wildman–Crippen LogP) is 2.81. The molecule has 1 unspecified atom stereocenters. The van der Waals surface area contributed by atoms with Crippen LogP contribution in [0.1, 0.15) is 29.3 Å². The van der Waals surface area contributed by atoms with E-state index in [1.807, 2.05) is 12.1 Å². The zero-order chi connectivity index (χ0) is 10.1. The van der Waals surface area contributed by atoms with Gasteiger partial charge in [-0.3, -0.25) is 0 Å². The highest BCUT2D eigenvalue weighted by atomic mass is 32.2. The molecule has 0 aliphatic carbocycles. The molecule has 1 aromatic rings. The van der Waals surface area contributed by atoms with Gasteiger partial charge in [0, 0.05) is 10.1 Å². The van der Waals surface area contributed by atoms with E-state index in [0.29, 0.717) is 10.8 Å². The first-order valence-electron chi connectivity index (χ1n) is 4.70. The van der Waals surface area contributed by atoms with Crippen LogP contribution in [0.25, 0.3) is 0 Å². The van der Waals surface area contributed by atoms with Crippen molar-refractivity contribution in [3.05, 3.63) is 29.3 Å². The lowest BCUT2D eigenvalue weighted by Crippen LogP contribution is -2.11. The average Bonchev–Trinajstić information content (AvgIpc) is 2.16. The number of carboxylic acids is 1. The fourth-order valence-corrected chi connectivity index (χ4v) is 2.95. The molecule has 74 valence electrons. The van der Waals surface area contributed by atoms with Crippen LogP contribution in [0.15, 0.2) is 23.1 Å². The number of fused-ring (bicyclic) bond motifs is 1. The second kappa shape index (κ2) is 3.65. The third kappa shape index (κ3) is 1.64. The SMILES string of the molecule is CC1CCc2cccc(C(=O)O)c2S1. The molecule has 0 saturated carbocycles. The third-order valence-corrected chi connectivity index (χ3v) is 3.82. The van der Waals surface area contributed by atoms with Crippen molar-refractivity contribution in [1.29, 1.82) is 0 Å². The largest absolute Gasteiger partial charge is 0.478 e. The average molecular weight is 208 g/mol. The smallest absolute Gasteiger partial charge is 0.336 e. The standard InChI is InChI=1S/C11H12O2S/c1-7-5-6-8-3-2-4-9(11(12)13)10(8)14-7/h2-4,7H,5-6H2,1H3,(H,12,13). The third-order valence-electron chi connectivity index (χ3n) is 2.47. The molecule has 1 atom stereocenters. The molecule has 0 spiro atoms. The summed E-state index contributed by atoms with van der Waals surface area (Å²) in [5.74, 6) is -0.816. The van der Waals surface area contributed by atoms with Crippen LogP contribution in [0.5, 0.6) is 0 Å². The summed E-state index contributed by atoms with van der Waals surface area (Å²) in [5.41, 5.74) is 1.65. The molecule has 0 saturated heterocycles. The number of carboxylic acid groups (broad SMARTS) is 1. The Balaban J connectivity index is 2.48. The van der Waals surface area contributed by atoms with Crippen LogP contribution in [0, 0.1) is 0 Å². The summed E-state index contributed by atoms with van der Waals surface area (Å²) in [6.45, 7) is 2.15. The molecule has 14 heavy (non-hydrogen) atoms. The van der Waals surface area contributed by atoms with Crippen LogP contribution in [-0.4, -0.2) is 16.3 Å². The summed E-state index contributed by atoms with van der Waals surface area (Å²) < 4.78 is 0. The minimum Gasteiger partial charge on any atom is -0.478 e. The van der Waals surface area contributed by atoms with Crippen molar-refractivity contribution >= 4 is 17.7 Å². The van der Waals surface area contributed by atoms with E-state index in [2.05, 4.69) is 6.92 Å². The molecule has 3 heteroatoms. The molecule has 1 aromatic carbocycles. The number of hydrogen-bond acceptors (Lipinski definition) is 2. The maximum Gasteiger partial charge on any atom is 0.336 e. The first kappa shape index (κ1) is 9.59. The minimum atomic E-state index is -0.816. The highest BCUT2D eigenvalue weighted by Gasteiger charge is 2.20. The van der Waals surface area contributed by atoms with Crippen LogP contribution in [0.2, 0.25) is 0 Å². The number of rotatable bonds is 1. The number of hydrogen-bond donors (Lipinski definition) is 1. The zero-order valence-electron chi connectivity index (χ0n) is 7.99. The van der Waals surface area contributed by atoms with Crippen molar-refractivity contribution in [2.45, 2.75) is 29.9 Å². The maximum absolute atomic E-state index is 11.0. The van der Waals surface area contributed by atoms with Gasteiger partial charge in [-0.25, -0.2) is 4.79 Å². The summed E-state index contributed by atoms with van der Waals surface area (Å²) >= 11 is 1.69. The Hall–Kier alpha value is -0.960. The van der Waals surface area contributed by atoms with E-state index in [0.717, 1.165) is 17.7 Å². The van der Waals surface area contributed by atoms with Crippen LogP contribution in [0.3, 0.4) is 0 Å². The van der Waals surface area contributed by atoms with Gasteiger partial charge in [0.25, 0.3) is 0 Å². The summed E-state index contributed by atoms with van der Waals surface area (Å²) in [4.78, 5) is 11.9. The number of thioether (sulfide) groups is 1. The Bertz CT molecular complexity index is 374. The predicted molar refractivity (Wildman–Crippen MR) is 57.0 cm³/mol. The lowest BCUT2D eigenvalue weighted by atomic mass is 10.0. The van der Waals surface area contributed by atoms with Crippen molar-refractivity contribution in [2.24, 2.45) is 0 Å². The highest BCUT2D eigenvalue weighted by Crippen LogP contribution is 2.37. The molecule has 0 aromatic heterocycles. The first-order valence-corrected chi connectivity index (χ1v) is 5.58. The topological polar surface area (TPSA) is 37.3 Å². The van der Waals surface area contributed by atoms with Gasteiger partial charge in [-0.1, -0.05) is 19.1 Å². The first-order chi connectivity index (χ1) is 6.68. The van der Waals surface area contributed by atoms with E-state index in [1.165, 1.54) is 5.56 Å². The fourth-order valence-electron chi connectivity index (χ4n) is 1.71. The van der Waals surface area contributed by atoms with Gasteiger partial charge in [0.05, 0.1) is 5.56 Å². The van der Waals surface area contributed by atoms with E-state index in [4.69, 9.17) is 5.11 Å². The number of benzene rings is 1. The molecule has 1 heterocycles. The Morgan fingerprint density at radius 3 is 3.07 bits per heavy atom. The second-order valence-corrected chi connectivity index (χ2v) is 5.01. The van der Waals surface area contributed by atoms with Gasteiger partial charge in [0.2, 0.25) is 0 Å². The lowest BCUT2D eigenvalue weighted by molar-refractivity contribution is 0.0693. The maximum atomic E-state index is 11.0. The molecule has 0 amide bonds. The van der Waals surface area contributed by atoms with E-state index < -0.39 is 5.97 Å². The van der Waals surface area contributed by atoms with Crippen molar-refractivity contribution < 1.29 is 9.90 Å². The van der Waals surface area contributed by atoms with Gasteiger partial charge in [-0.2, -0.15) is 0 Å². The molecule has 1 N–H and O–H groups in total. The second-order valence-electron chi connectivity index (χ2n) is 3.57. The molecule has 2 nitrogen and oxygen atoms in total. The van der Waals surface area contributed by atoms with Crippen LogP contribution >= 0.6 is 11.8 Å². The van der Waals surface area contributed by atoms with Crippen LogP contribution in [0.4, 0.5) is 0 Å². The van der Waals surface area contributed by atoms with Crippen molar-refractivity contribution in [3.63, 3.8) is 0 Å². The monoisotopic (exact) mass is 208 g/mol. The van der Waals surface area contributed by atoms with Gasteiger partial charge in [-0.05, 0) is 24.5 Å². The van der Waals surface area contributed by atoms with Crippen LogP contribution in [-0.2, 0) is 6.42 Å². The number of aromatic carboxylic acids is 1.